The first-order chi connectivity index (χ1) is 4.22. The fourth-order valence-corrected chi connectivity index (χ4v) is 1.31. The minimum absolute atomic E-state index is 0.712. The van der Waals surface area contributed by atoms with Crippen molar-refractivity contribution in [3.63, 3.8) is 0 Å². The highest BCUT2D eigenvalue weighted by Gasteiger charge is 2.06. The van der Waals surface area contributed by atoms with Crippen LogP contribution in [0.2, 0.25) is 0 Å². The van der Waals surface area contributed by atoms with Gasteiger partial charge in [0.25, 0.3) is 0 Å². The summed E-state index contributed by atoms with van der Waals surface area (Å²) in [7, 11) is 0. The highest BCUT2D eigenvalue weighted by molar-refractivity contribution is 5.33. The molecule has 0 aliphatic heterocycles. The molecule has 0 N–H and O–H groups in total. The molecule has 0 aromatic heterocycles. The first-order valence-electron chi connectivity index (χ1n) is 3.58. The van der Waals surface area contributed by atoms with Gasteiger partial charge < -0.3 is 0 Å². The maximum Gasteiger partial charge on any atom is -0.0132 e. The fourth-order valence-electron chi connectivity index (χ4n) is 1.31. The summed E-state index contributed by atoms with van der Waals surface area (Å²) in [5.74, 6) is 0.712. The average Bonchev–Trinajstić information content (AvgIpc) is 2.13. The molecule has 0 aromatic carbocycles. The minimum Gasteiger partial charge on any atom is -0.0802 e. The van der Waals surface area contributed by atoms with Crippen LogP contribution in [0.3, 0.4) is 0 Å². The SMILES string of the molecule is CC1=C(C(C)C)C=CC1. The van der Waals surface area contributed by atoms with Crippen LogP contribution in [0, 0.1) is 5.92 Å². The standard InChI is InChI=1S/C9H14/c1-7(2)9-6-4-5-8(9)3/h4,6-7H,5H2,1-3H3. The van der Waals surface area contributed by atoms with E-state index in [4.69, 9.17) is 0 Å². The molecule has 0 amide bonds. The van der Waals surface area contributed by atoms with Gasteiger partial charge in [0.1, 0.15) is 0 Å². The zero-order valence-electron chi connectivity index (χ0n) is 6.44. The molecule has 50 valence electrons. The van der Waals surface area contributed by atoms with Crippen LogP contribution < -0.4 is 0 Å². The maximum absolute atomic E-state index is 2.25. The van der Waals surface area contributed by atoms with Gasteiger partial charge in [0, 0.05) is 0 Å². The second-order valence-corrected chi connectivity index (χ2v) is 3.00. The van der Waals surface area contributed by atoms with E-state index < -0.39 is 0 Å². The van der Waals surface area contributed by atoms with E-state index in [1.165, 1.54) is 12.0 Å². The van der Waals surface area contributed by atoms with Crippen molar-refractivity contribution in [2.24, 2.45) is 5.92 Å². The molecule has 0 spiro atoms. The molecule has 9 heavy (non-hydrogen) atoms. The lowest BCUT2D eigenvalue weighted by Crippen LogP contribution is -1.89. The monoisotopic (exact) mass is 122 g/mol. The Morgan fingerprint density at radius 1 is 1.44 bits per heavy atom. The Morgan fingerprint density at radius 2 is 2.11 bits per heavy atom. The van der Waals surface area contributed by atoms with E-state index in [9.17, 15) is 0 Å². The molecule has 0 heteroatoms. The predicted molar refractivity (Wildman–Crippen MR) is 41.3 cm³/mol. The first kappa shape index (κ1) is 6.60. The quantitative estimate of drug-likeness (QED) is 0.501. The van der Waals surface area contributed by atoms with Crippen molar-refractivity contribution in [1.29, 1.82) is 0 Å². The molecule has 0 fully saturated rings. The molecule has 0 radical (unpaired) electrons. The van der Waals surface area contributed by atoms with Gasteiger partial charge in [-0.2, -0.15) is 0 Å². The number of allylic oxidation sites excluding steroid dienone is 4. The molecular formula is C9H14. The average molecular weight is 122 g/mol. The second-order valence-electron chi connectivity index (χ2n) is 3.00. The summed E-state index contributed by atoms with van der Waals surface area (Å²) in [5.41, 5.74) is 3.08. The smallest absolute Gasteiger partial charge is 0.0132 e. The van der Waals surface area contributed by atoms with E-state index in [1.807, 2.05) is 0 Å². The van der Waals surface area contributed by atoms with Crippen molar-refractivity contribution in [2.75, 3.05) is 0 Å². The van der Waals surface area contributed by atoms with Gasteiger partial charge in [0.2, 0.25) is 0 Å². The van der Waals surface area contributed by atoms with Gasteiger partial charge in [-0.25, -0.2) is 0 Å². The number of hydrogen-bond donors (Lipinski definition) is 0. The van der Waals surface area contributed by atoms with Crippen molar-refractivity contribution >= 4 is 0 Å². The van der Waals surface area contributed by atoms with Crippen LogP contribution in [0.4, 0.5) is 0 Å². The summed E-state index contributed by atoms with van der Waals surface area (Å²) >= 11 is 0. The lowest BCUT2D eigenvalue weighted by atomic mass is 10.0. The van der Waals surface area contributed by atoms with Gasteiger partial charge >= 0.3 is 0 Å². The first-order valence-corrected chi connectivity index (χ1v) is 3.58. The van der Waals surface area contributed by atoms with Crippen LogP contribution in [0.5, 0.6) is 0 Å². The molecule has 0 saturated carbocycles. The maximum atomic E-state index is 2.25. The Balaban J connectivity index is 2.77. The molecule has 0 atom stereocenters. The Hall–Kier alpha value is -0.520. The van der Waals surface area contributed by atoms with E-state index >= 15 is 0 Å². The Kier molecular flexibility index (Phi) is 1.75. The highest BCUT2D eigenvalue weighted by Crippen LogP contribution is 2.24. The third-order valence-corrected chi connectivity index (χ3v) is 1.84. The molecule has 0 aromatic rings. The third-order valence-electron chi connectivity index (χ3n) is 1.84. The fraction of sp³-hybridized carbons (Fsp3) is 0.556. The van der Waals surface area contributed by atoms with E-state index in [2.05, 4.69) is 32.9 Å². The largest absolute Gasteiger partial charge is 0.0802 e. The Labute approximate surface area is 57.3 Å². The third kappa shape index (κ3) is 1.24. The number of hydrogen-bond acceptors (Lipinski definition) is 0. The summed E-state index contributed by atoms with van der Waals surface area (Å²) in [5, 5.41) is 0. The zero-order chi connectivity index (χ0) is 6.85. The van der Waals surface area contributed by atoms with E-state index in [-0.39, 0.29) is 0 Å². The summed E-state index contributed by atoms with van der Waals surface area (Å²) < 4.78 is 0. The summed E-state index contributed by atoms with van der Waals surface area (Å²) in [6.45, 7) is 6.71. The predicted octanol–water partition coefficient (Wildman–Crippen LogP) is 2.92. The van der Waals surface area contributed by atoms with Crippen molar-refractivity contribution in [3.8, 4) is 0 Å². The van der Waals surface area contributed by atoms with Gasteiger partial charge in [-0.1, -0.05) is 31.6 Å². The lowest BCUT2D eigenvalue weighted by molar-refractivity contribution is 0.783. The van der Waals surface area contributed by atoms with Gasteiger partial charge in [0.05, 0.1) is 0 Å². The van der Waals surface area contributed by atoms with Crippen LogP contribution in [0.15, 0.2) is 23.3 Å². The summed E-state index contributed by atoms with van der Waals surface area (Å²) in [6, 6.07) is 0. The molecule has 1 rings (SSSR count). The normalized spacial score (nSPS) is 18.2. The topological polar surface area (TPSA) is 0 Å². The molecule has 0 bridgehead atoms. The van der Waals surface area contributed by atoms with Gasteiger partial charge in [0.15, 0.2) is 0 Å². The molecule has 0 heterocycles. The van der Waals surface area contributed by atoms with Crippen molar-refractivity contribution in [2.45, 2.75) is 27.2 Å². The van der Waals surface area contributed by atoms with Crippen LogP contribution in [0.25, 0.3) is 0 Å². The zero-order valence-corrected chi connectivity index (χ0v) is 6.44. The van der Waals surface area contributed by atoms with Crippen molar-refractivity contribution in [3.05, 3.63) is 23.3 Å². The van der Waals surface area contributed by atoms with E-state index in [1.54, 1.807) is 5.57 Å². The second kappa shape index (κ2) is 2.38. The van der Waals surface area contributed by atoms with E-state index in [0.29, 0.717) is 5.92 Å². The van der Waals surface area contributed by atoms with Crippen LogP contribution >= 0.6 is 0 Å². The summed E-state index contributed by atoms with van der Waals surface area (Å²) in [4.78, 5) is 0. The van der Waals surface area contributed by atoms with Gasteiger partial charge in [-0.05, 0) is 24.8 Å². The lowest BCUT2D eigenvalue weighted by Gasteiger charge is -2.04. The minimum atomic E-state index is 0.712. The van der Waals surface area contributed by atoms with Crippen LogP contribution in [0.1, 0.15) is 27.2 Å². The van der Waals surface area contributed by atoms with Gasteiger partial charge in [-0.15, -0.1) is 0 Å². The molecule has 1 aliphatic carbocycles. The van der Waals surface area contributed by atoms with E-state index in [0.717, 1.165) is 0 Å². The highest BCUT2D eigenvalue weighted by atomic mass is 14.1. The Bertz CT molecular complexity index is 159. The molecule has 0 unspecified atom stereocenters. The van der Waals surface area contributed by atoms with Crippen molar-refractivity contribution < 1.29 is 0 Å². The number of rotatable bonds is 1. The molecule has 0 saturated heterocycles. The van der Waals surface area contributed by atoms with Crippen LogP contribution in [-0.2, 0) is 0 Å². The van der Waals surface area contributed by atoms with Crippen molar-refractivity contribution in [1.82, 2.24) is 0 Å². The molecular weight excluding hydrogens is 108 g/mol. The Morgan fingerprint density at radius 3 is 2.33 bits per heavy atom. The van der Waals surface area contributed by atoms with Crippen LogP contribution in [-0.4, -0.2) is 0 Å². The molecule has 0 nitrogen and oxygen atoms in total. The molecule has 1 aliphatic rings. The summed E-state index contributed by atoms with van der Waals surface area (Å²) in [6.07, 6.45) is 5.66. The van der Waals surface area contributed by atoms with Gasteiger partial charge in [-0.3, -0.25) is 0 Å².